The predicted octanol–water partition coefficient (Wildman–Crippen LogP) is 2.20. The second-order valence-corrected chi connectivity index (χ2v) is 9.78. The molecule has 5 rings (SSSR count). The number of hydrogen-bond acceptors (Lipinski definition) is 5. The van der Waals surface area contributed by atoms with Gasteiger partial charge in [-0.05, 0) is 60.8 Å². The van der Waals surface area contributed by atoms with Gasteiger partial charge in [0.25, 0.3) is 0 Å². The summed E-state index contributed by atoms with van der Waals surface area (Å²) in [5, 5.41) is 13.1. The van der Waals surface area contributed by atoms with Gasteiger partial charge in [0.2, 0.25) is 5.88 Å². The van der Waals surface area contributed by atoms with E-state index in [9.17, 15) is 9.00 Å². The number of methoxy groups -OCH3 is 1. The number of carbonyl (C=O) groups is 1. The lowest BCUT2D eigenvalue weighted by Gasteiger charge is -2.15. The Bertz CT molecular complexity index is 1120. The van der Waals surface area contributed by atoms with E-state index in [1.54, 1.807) is 11.8 Å². The van der Waals surface area contributed by atoms with Gasteiger partial charge in [0.05, 0.1) is 19.3 Å². The summed E-state index contributed by atoms with van der Waals surface area (Å²) in [7, 11) is -1.94. The highest BCUT2D eigenvalue weighted by Crippen LogP contribution is 2.38. The lowest BCUT2D eigenvalue weighted by Crippen LogP contribution is -2.22. The van der Waals surface area contributed by atoms with Crippen molar-refractivity contribution in [3.8, 4) is 5.88 Å². The summed E-state index contributed by atoms with van der Waals surface area (Å²) in [6.07, 6.45) is 7.19. The highest BCUT2D eigenvalue weighted by Gasteiger charge is 2.31. The molecule has 1 aromatic heterocycles. The number of fused-ring (bicyclic) bond motifs is 3. The number of carbonyl (C=O) groups excluding carboxylic acids is 1. The van der Waals surface area contributed by atoms with Crippen LogP contribution in [0.25, 0.3) is 0 Å². The topological polar surface area (TPSA) is 121 Å². The number of nitrogens with zero attached hydrogens (tertiary/aromatic N) is 3. The number of aromatic nitrogens is 2. The van der Waals surface area contributed by atoms with Gasteiger partial charge in [-0.2, -0.15) is 5.10 Å². The van der Waals surface area contributed by atoms with Crippen molar-refractivity contribution in [3.63, 3.8) is 0 Å². The maximum Gasteiger partial charge on any atom is 0.354 e. The number of hydrogen-bond donors (Lipinski definition) is 2. The average Bonchev–Trinajstić information content (AvgIpc) is 3.44. The average molecular weight is 432 g/mol. The van der Waals surface area contributed by atoms with E-state index in [4.69, 9.17) is 14.6 Å². The maximum atomic E-state index is 13.1. The first-order chi connectivity index (χ1) is 14.5. The first-order valence-electron chi connectivity index (χ1n) is 10.2. The van der Waals surface area contributed by atoms with Crippen LogP contribution in [0.4, 0.5) is 10.5 Å². The highest BCUT2D eigenvalue weighted by molar-refractivity contribution is 7.91. The summed E-state index contributed by atoms with van der Waals surface area (Å²) in [6, 6.07) is 1.58. The second kappa shape index (κ2) is 7.36. The molecule has 1 aromatic carbocycles. The smallest absolute Gasteiger partial charge is 0.354 e. The molecule has 30 heavy (non-hydrogen) atoms. The number of benzene rings is 1. The zero-order chi connectivity index (χ0) is 20.9. The summed E-state index contributed by atoms with van der Waals surface area (Å²) in [6.45, 7) is 0.837. The largest absolute Gasteiger partial charge is 0.469 e. The number of anilines is 1. The Labute approximate surface area is 175 Å². The number of amides is 2. The maximum absolute atomic E-state index is 13.1. The van der Waals surface area contributed by atoms with E-state index in [2.05, 4.69) is 20.8 Å². The van der Waals surface area contributed by atoms with Crippen molar-refractivity contribution in [2.75, 3.05) is 19.0 Å². The monoisotopic (exact) mass is 431 g/mol. The molecule has 0 radical (unpaired) electrons. The van der Waals surface area contributed by atoms with Crippen LogP contribution in [0.2, 0.25) is 0 Å². The van der Waals surface area contributed by atoms with Crippen molar-refractivity contribution in [2.24, 2.45) is 9.50 Å². The van der Waals surface area contributed by atoms with Crippen molar-refractivity contribution in [3.05, 3.63) is 34.5 Å². The summed E-state index contributed by atoms with van der Waals surface area (Å²) in [4.78, 5) is 12.9. The van der Waals surface area contributed by atoms with Crippen LogP contribution in [-0.4, -0.2) is 39.8 Å². The third-order valence-corrected chi connectivity index (χ3v) is 7.35. The van der Waals surface area contributed by atoms with E-state index < -0.39 is 15.9 Å². The standard InChI is InChI=1S/C20H25N5O4S/c1-28-11-14-10-25-19(29-14)17(9-22-25)30(21,27)24-20(26)23-18-15-6-2-4-12(15)8-13-5-3-7-16(13)18/h8-9,14H,2-7,10-11H2,1H3,(H3,21,23,24,26,27)/t14-,30?/m1/s1. The predicted molar refractivity (Wildman–Crippen MR) is 111 cm³/mol. The fourth-order valence-corrected chi connectivity index (χ4v) is 5.73. The Kier molecular flexibility index (Phi) is 4.79. The van der Waals surface area contributed by atoms with Crippen molar-refractivity contribution in [1.29, 1.82) is 0 Å². The van der Waals surface area contributed by atoms with Crippen molar-refractivity contribution < 1.29 is 18.5 Å². The molecule has 2 amide bonds. The van der Waals surface area contributed by atoms with Crippen LogP contribution in [0.15, 0.2) is 21.5 Å². The number of aryl methyl sites for hydroxylation is 2. The van der Waals surface area contributed by atoms with Crippen molar-refractivity contribution >= 4 is 21.6 Å². The molecule has 0 spiro atoms. The first-order valence-corrected chi connectivity index (χ1v) is 11.8. The molecule has 0 bridgehead atoms. The molecule has 3 aliphatic rings. The van der Waals surface area contributed by atoms with Crippen molar-refractivity contribution in [1.82, 2.24) is 9.78 Å². The third-order valence-electron chi connectivity index (χ3n) is 6.01. The number of nitrogens with two attached hydrogens (primary N) is 1. The van der Waals surface area contributed by atoms with Crippen LogP contribution in [0.3, 0.4) is 0 Å². The van der Waals surface area contributed by atoms with Gasteiger partial charge in [-0.25, -0.2) is 18.8 Å². The first kappa shape index (κ1) is 19.5. The molecule has 2 aliphatic carbocycles. The van der Waals surface area contributed by atoms with Crippen molar-refractivity contribution in [2.45, 2.75) is 56.1 Å². The molecule has 9 nitrogen and oxygen atoms in total. The number of nitrogens with one attached hydrogen (secondary N) is 1. The van der Waals surface area contributed by atoms with E-state index >= 15 is 0 Å². The lowest BCUT2D eigenvalue weighted by atomic mass is 9.99. The molecule has 2 heterocycles. The van der Waals surface area contributed by atoms with Gasteiger partial charge >= 0.3 is 6.03 Å². The second-order valence-electron chi connectivity index (χ2n) is 8.02. The minimum absolute atomic E-state index is 0.125. The van der Waals surface area contributed by atoms with Gasteiger partial charge in [-0.1, -0.05) is 6.07 Å². The molecule has 2 atom stereocenters. The number of rotatable bonds is 4. The Morgan fingerprint density at radius 2 is 2.03 bits per heavy atom. The Hall–Kier alpha value is -2.43. The van der Waals surface area contributed by atoms with Gasteiger partial charge in [0, 0.05) is 12.8 Å². The van der Waals surface area contributed by atoms with E-state index in [1.807, 2.05) is 0 Å². The van der Waals surface area contributed by atoms with Gasteiger partial charge in [-0.15, -0.1) is 4.36 Å². The SMILES string of the molecule is COC[C@H]1Cn2ncc(S(N)(=O)=NC(=O)Nc3c4c(cc5c3CCC5)CCC4)c2O1. The van der Waals surface area contributed by atoms with Gasteiger partial charge in [0.1, 0.15) is 11.0 Å². The minimum atomic E-state index is -3.51. The summed E-state index contributed by atoms with van der Waals surface area (Å²) < 4.78 is 29.4. The molecule has 1 aliphatic heterocycles. The zero-order valence-corrected chi connectivity index (χ0v) is 17.7. The molecule has 0 saturated carbocycles. The summed E-state index contributed by atoms with van der Waals surface area (Å²) in [5.41, 5.74) is 5.80. The summed E-state index contributed by atoms with van der Waals surface area (Å²) in [5.74, 6) is 0.280. The molecular weight excluding hydrogens is 406 g/mol. The van der Waals surface area contributed by atoms with E-state index in [-0.39, 0.29) is 16.9 Å². The highest BCUT2D eigenvalue weighted by atomic mass is 32.2. The van der Waals surface area contributed by atoms with E-state index in [1.165, 1.54) is 28.5 Å². The lowest BCUT2D eigenvalue weighted by molar-refractivity contribution is 0.0920. The normalized spacial score (nSPS) is 20.8. The molecule has 160 valence electrons. The minimum Gasteiger partial charge on any atom is -0.469 e. The van der Waals surface area contributed by atoms with Crippen LogP contribution in [0.5, 0.6) is 5.88 Å². The fourth-order valence-electron chi connectivity index (χ4n) is 4.74. The number of ether oxygens (including phenoxy) is 2. The molecule has 0 saturated heterocycles. The molecule has 1 unspecified atom stereocenters. The Morgan fingerprint density at radius 1 is 1.33 bits per heavy atom. The van der Waals surface area contributed by atoms with Crippen LogP contribution < -0.4 is 15.2 Å². The Balaban J connectivity index is 1.44. The third kappa shape index (κ3) is 3.28. The fraction of sp³-hybridized carbons (Fsp3) is 0.500. The van der Waals surface area contributed by atoms with Gasteiger partial charge < -0.3 is 14.8 Å². The van der Waals surface area contributed by atoms with Gasteiger partial charge in [-0.3, -0.25) is 0 Å². The Morgan fingerprint density at radius 3 is 2.70 bits per heavy atom. The molecule has 10 heteroatoms. The summed E-state index contributed by atoms with van der Waals surface area (Å²) >= 11 is 0. The number of urea groups is 1. The molecule has 3 N–H and O–H groups in total. The van der Waals surface area contributed by atoms with E-state index in [0.29, 0.717) is 13.2 Å². The van der Waals surface area contributed by atoms with Crippen LogP contribution in [0.1, 0.15) is 35.1 Å². The quantitative estimate of drug-likeness (QED) is 0.769. The zero-order valence-electron chi connectivity index (χ0n) is 16.8. The van der Waals surface area contributed by atoms with E-state index in [0.717, 1.165) is 44.2 Å². The molecule has 0 fully saturated rings. The van der Waals surface area contributed by atoms with Crippen LogP contribution >= 0.6 is 0 Å². The van der Waals surface area contributed by atoms with Gasteiger partial charge in [0.15, 0.2) is 9.92 Å². The molecular formula is C20H25N5O4S. The van der Waals surface area contributed by atoms with Crippen LogP contribution in [-0.2, 0) is 46.9 Å². The molecule has 2 aromatic rings. The van der Waals surface area contributed by atoms with Crippen LogP contribution in [0, 0.1) is 0 Å².